The van der Waals surface area contributed by atoms with E-state index in [9.17, 15) is 0 Å². The van der Waals surface area contributed by atoms with E-state index in [0.29, 0.717) is 17.3 Å². The van der Waals surface area contributed by atoms with Crippen molar-refractivity contribution in [1.29, 1.82) is 0 Å². The van der Waals surface area contributed by atoms with Crippen molar-refractivity contribution in [3.05, 3.63) is 204 Å². The van der Waals surface area contributed by atoms with Gasteiger partial charge in [0.25, 0.3) is 0 Å². The molecule has 63 heavy (non-hydrogen) atoms. The number of fused-ring (bicyclic) bond motifs is 3. The molecule has 0 unspecified atom stereocenters. The Bertz CT molecular complexity index is 2640. The molecule has 0 atom stereocenters. The van der Waals surface area contributed by atoms with Crippen LogP contribution in [0.25, 0.3) is 11.1 Å². The summed E-state index contributed by atoms with van der Waals surface area (Å²) in [7, 11) is 0. The molecular weight excluding hydrogens is 761 g/mol. The number of rotatable bonds is 9. The molecule has 2 nitrogen and oxygen atoms in total. The van der Waals surface area contributed by atoms with Crippen LogP contribution in [0.2, 0.25) is 0 Å². The third-order valence-corrected chi connectivity index (χ3v) is 15.5. The molecule has 3 aliphatic carbocycles. The smallest absolute Gasteiger partial charge is 0.0465 e. The van der Waals surface area contributed by atoms with Crippen molar-refractivity contribution in [3.8, 4) is 11.1 Å². The lowest BCUT2D eigenvalue weighted by molar-refractivity contribution is 0.146. The lowest BCUT2D eigenvalue weighted by Gasteiger charge is -2.45. The molecule has 318 valence electrons. The Kier molecular flexibility index (Phi) is 10.9. The quantitative estimate of drug-likeness (QED) is 0.143. The van der Waals surface area contributed by atoms with Gasteiger partial charge in [-0.1, -0.05) is 157 Å². The molecule has 3 aliphatic rings. The summed E-state index contributed by atoms with van der Waals surface area (Å²) in [6.07, 6.45) is 11.5. The highest BCUT2D eigenvalue weighted by Gasteiger charge is 2.42. The predicted octanol–water partition coefficient (Wildman–Crippen LogP) is 17.5. The van der Waals surface area contributed by atoms with E-state index < -0.39 is 0 Å². The molecule has 0 bridgehead atoms. The molecule has 0 saturated heterocycles. The monoisotopic (exact) mass is 825 g/mol. The van der Waals surface area contributed by atoms with Gasteiger partial charge < -0.3 is 9.80 Å². The first kappa shape index (κ1) is 41.2. The number of nitrogens with zero attached hydrogens (tertiary/aromatic N) is 2. The highest BCUT2D eigenvalue weighted by Crippen LogP contribution is 2.53. The average Bonchev–Trinajstić information content (AvgIpc) is 3.55. The van der Waals surface area contributed by atoms with Crippen LogP contribution >= 0.6 is 0 Å². The Morgan fingerprint density at radius 1 is 0.429 bits per heavy atom. The summed E-state index contributed by atoms with van der Waals surface area (Å²) in [5, 5.41) is 0. The number of benzene rings is 7. The van der Waals surface area contributed by atoms with Gasteiger partial charge >= 0.3 is 0 Å². The van der Waals surface area contributed by atoms with Crippen LogP contribution in [0.15, 0.2) is 176 Å². The minimum Gasteiger partial charge on any atom is -0.311 e. The van der Waals surface area contributed by atoms with Crippen LogP contribution in [0.3, 0.4) is 0 Å². The van der Waals surface area contributed by atoms with Gasteiger partial charge in [0.2, 0.25) is 0 Å². The molecule has 0 spiro atoms. The van der Waals surface area contributed by atoms with Crippen LogP contribution in [0.1, 0.15) is 126 Å². The predicted molar refractivity (Wildman–Crippen MR) is 268 cm³/mol. The van der Waals surface area contributed by atoms with Gasteiger partial charge in [-0.3, -0.25) is 0 Å². The van der Waals surface area contributed by atoms with E-state index in [2.05, 4.69) is 220 Å². The minimum atomic E-state index is -0.0705. The summed E-state index contributed by atoms with van der Waals surface area (Å²) in [5.74, 6) is 1.40. The number of hydrogen-bond donors (Lipinski definition) is 0. The van der Waals surface area contributed by atoms with E-state index >= 15 is 0 Å². The average molecular weight is 825 g/mol. The van der Waals surface area contributed by atoms with Crippen LogP contribution in [0, 0.1) is 11.3 Å². The summed E-state index contributed by atoms with van der Waals surface area (Å²) in [5.41, 5.74) is 17.1. The largest absolute Gasteiger partial charge is 0.311 e. The fourth-order valence-corrected chi connectivity index (χ4v) is 11.8. The zero-order chi connectivity index (χ0) is 43.2. The maximum Gasteiger partial charge on any atom is 0.0465 e. The van der Waals surface area contributed by atoms with E-state index in [4.69, 9.17) is 0 Å². The molecular formula is C61H64N2. The molecule has 0 N–H and O–H groups in total. The highest BCUT2D eigenvalue weighted by molar-refractivity contribution is 5.85. The Morgan fingerprint density at radius 3 is 1.41 bits per heavy atom. The van der Waals surface area contributed by atoms with Crippen molar-refractivity contribution in [2.24, 2.45) is 11.3 Å². The Hall–Kier alpha value is -5.86. The summed E-state index contributed by atoms with van der Waals surface area (Å²) in [6, 6.07) is 66.7. The van der Waals surface area contributed by atoms with E-state index in [1.807, 2.05) is 0 Å². The third-order valence-electron chi connectivity index (χ3n) is 15.5. The second-order valence-corrected chi connectivity index (χ2v) is 20.5. The number of hydrogen-bond acceptors (Lipinski definition) is 2. The zero-order valence-electron chi connectivity index (χ0n) is 38.2. The van der Waals surface area contributed by atoms with Gasteiger partial charge in [-0.2, -0.15) is 0 Å². The molecule has 2 saturated carbocycles. The molecule has 10 rings (SSSR count). The van der Waals surface area contributed by atoms with Crippen LogP contribution in [0.5, 0.6) is 0 Å². The van der Waals surface area contributed by atoms with Gasteiger partial charge in [-0.05, 0) is 168 Å². The second kappa shape index (κ2) is 16.7. The molecule has 0 radical (unpaired) electrons. The lowest BCUT2D eigenvalue weighted by Crippen LogP contribution is -2.36. The van der Waals surface area contributed by atoms with E-state index in [-0.39, 0.29) is 10.8 Å². The van der Waals surface area contributed by atoms with Gasteiger partial charge in [0, 0.05) is 45.0 Å². The molecule has 7 aromatic carbocycles. The Labute approximate surface area is 377 Å². The molecule has 0 aliphatic heterocycles. The summed E-state index contributed by atoms with van der Waals surface area (Å²) in [4.78, 5) is 4.88. The molecule has 0 aromatic heterocycles. The number of anilines is 6. The van der Waals surface area contributed by atoms with Gasteiger partial charge in [0.05, 0.1) is 0 Å². The van der Waals surface area contributed by atoms with Crippen molar-refractivity contribution in [2.75, 3.05) is 9.80 Å². The summed E-state index contributed by atoms with van der Waals surface area (Å²) >= 11 is 0. The minimum absolute atomic E-state index is 0.0702. The van der Waals surface area contributed by atoms with Crippen LogP contribution in [-0.4, -0.2) is 0 Å². The maximum absolute atomic E-state index is 2.45. The molecule has 7 aromatic rings. The van der Waals surface area contributed by atoms with Crippen LogP contribution in [-0.2, 0) is 10.8 Å². The third kappa shape index (κ3) is 7.70. The van der Waals surface area contributed by atoms with Crippen molar-refractivity contribution in [2.45, 2.75) is 109 Å². The van der Waals surface area contributed by atoms with Crippen molar-refractivity contribution in [1.82, 2.24) is 0 Å². The molecule has 0 amide bonds. The standard InChI is InChI=1S/C61H64N2/c1-59(2,3)46-39-41-61(42-40-46,47-27-33-52(34-28-47)62(49-19-11-7-12-20-49)51-31-25-45(26-32-51)44-17-9-6-10-18-44)48-29-35-53(36-30-48)63(50-21-13-8-14-22-50)54-37-38-56-55-23-15-16-24-57(55)60(4,5)58(56)43-54/h7-8,11-16,19-38,43-44,46H,6,9-10,17-18,39-42H2,1-5H3. The molecule has 2 fully saturated rings. The van der Waals surface area contributed by atoms with Gasteiger partial charge in [0.1, 0.15) is 0 Å². The fourth-order valence-electron chi connectivity index (χ4n) is 11.8. The first-order valence-electron chi connectivity index (χ1n) is 23.9. The molecule has 2 heteroatoms. The fraction of sp³-hybridized carbons (Fsp3) is 0.311. The topological polar surface area (TPSA) is 6.48 Å². The SMILES string of the molecule is CC1(C)c2ccccc2-c2ccc(N(c3ccccc3)c3ccc(C4(c5ccc(N(c6ccccc6)c6ccc(C7CCCCC7)cc6)cc5)CCC(C(C)(C)C)CC4)cc3)cc21. The van der Waals surface area contributed by atoms with Crippen LogP contribution in [0.4, 0.5) is 34.1 Å². The van der Waals surface area contributed by atoms with Crippen molar-refractivity contribution < 1.29 is 0 Å². The van der Waals surface area contributed by atoms with Gasteiger partial charge in [0.15, 0.2) is 0 Å². The summed E-state index contributed by atoms with van der Waals surface area (Å²) in [6.45, 7) is 12.1. The maximum atomic E-state index is 2.45. The first-order valence-corrected chi connectivity index (χ1v) is 23.9. The normalized spacial score (nSPS) is 19.5. The van der Waals surface area contributed by atoms with Crippen LogP contribution < -0.4 is 9.80 Å². The molecule has 0 heterocycles. The van der Waals surface area contributed by atoms with E-state index in [0.717, 1.165) is 12.8 Å². The van der Waals surface area contributed by atoms with Gasteiger partial charge in [-0.15, -0.1) is 0 Å². The zero-order valence-corrected chi connectivity index (χ0v) is 38.2. The Morgan fingerprint density at radius 2 is 0.873 bits per heavy atom. The second-order valence-electron chi connectivity index (χ2n) is 20.5. The Balaban J connectivity index is 1.01. The van der Waals surface area contributed by atoms with E-state index in [1.165, 1.54) is 118 Å². The van der Waals surface area contributed by atoms with E-state index in [1.54, 1.807) is 0 Å². The van der Waals surface area contributed by atoms with Crippen molar-refractivity contribution >= 4 is 34.1 Å². The van der Waals surface area contributed by atoms with Gasteiger partial charge in [-0.25, -0.2) is 0 Å². The highest BCUT2D eigenvalue weighted by atomic mass is 15.1. The number of para-hydroxylation sites is 2. The first-order chi connectivity index (χ1) is 30.6. The van der Waals surface area contributed by atoms with Crippen molar-refractivity contribution in [3.63, 3.8) is 0 Å². The summed E-state index contributed by atoms with van der Waals surface area (Å²) < 4.78 is 0. The lowest BCUT2D eigenvalue weighted by atomic mass is 9.59.